The lowest BCUT2D eigenvalue weighted by Gasteiger charge is -2.27. The van der Waals surface area contributed by atoms with E-state index in [2.05, 4.69) is 24.1 Å². The van der Waals surface area contributed by atoms with Crippen LogP contribution in [-0.4, -0.2) is 68.8 Å². The van der Waals surface area contributed by atoms with E-state index < -0.39 is 9.84 Å². The van der Waals surface area contributed by atoms with Crippen LogP contribution < -0.4 is 5.32 Å². The Bertz CT molecular complexity index is 735. The van der Waals surface area contributed by atoms with Gasteiger partial charge in [-0.05, 0) is 51.2 Å². The van der Waals surface area contributed by atoms with E-state index >= 15 is 0 Å². The summed E-state index contributed by atoms with van der Waals surface area (Å²) < 4.78 is 25.0. The summed E-state index contributed by atoms with van der Waals surface area (Å²) in [6, 6.07) is 7.40. The normalized spacial score (nSPS) is 11.4. The van der Waals surface area contributed by atoms with Gasteiger partial charge in [0.15, 0.2) is 9.84 Å². The third-order valence-electron chi connectivity index (χ3n) is 4.43. The minimum atomic E-state index is -3.53. The Labute approximate surface area is 162 Å². The van der Waals surface area contributed by atoms with Crippen molar-refractivity contribution in [3.63, 3.8) is 0 Å². The third kappa shape index (κ3) is 7.19. The first-order chi connectivity index (χ1) is 12.7. The number of nitriles is 1. The summed E-state index contributed by atoms with van der Waals surface area (Å²) in [5, 5.41) is 11.7. The smallest absolute Gasteiger partial charge is 0.317 e. The molecule has 0 aromatic heterocycles. The summed E-state index contributed by atoms with van der Waals surface area (Å²) >= 11 is 0. The molecule has 2 amide bonds. The quantitative estimate of drug-likeness (QED) is 0.656. The Morgan fingerprint density at radius 3 is 2.22 bits per heavy atom. The molecule has 8 heteroatoms. The van der Waals surface area contributed by atoms with Gasteiger partial charge in [-0.2, -0.15) is 5.26 Å². The van der Waals surface area contributed by atoms with Gasteiger partial charge in [0.25, 0.3) is 0 Å². The highest BCUT2D eigenvalue weighted by molar-refractivity contribution is 7.91. The fourth-order valence-electron chi connectivity index (χ4n) is 2.63. The number of carbonyl (C=O) groups is 1. The van der Waals surface area contributed by atoms with Crippen LogP contribution in [0.15, 0.2) is 29.2 Å². The zero-order chi connectivity index (χ0) is 20.4. The lowest BCUT2D eigenvalue weighted by molar-refractivity contribution is 0.185. The van der Waals surface area contributed by atoms with Gasteiger partial charge in [0.1, 0.15) is 0 Å². The number of hydrogen-bond acceptors (Lipinski definition) is 5. The number of urea groups is 1. The number of rotatable bonds is 10. The molecule has 0 bridgehead atoms. The molecule has 1 rings (SSSR count). The summed E-state index contributed by atoms with van der Waals surface area (Å²) in [4.78, 5) is 16.3. The summed E-state index contributed by atoms with van der Waals surface area (Å²) in [6.45, 7) is 11.1. The van der Waals surface area contributed by atoms with E-state index in [1.807, 2.05) is 19.9 Å². The highest BCUT2D eigenvalue weighted by Crippen LogP contribution is 2.13. The molecular weight excluding hydrogens is 364 g/mol. The molecule has 0 atom stereocenters. The summed E-state index contributed by atoms with van der Waals surface area (Å²) in [5.41, 5.74) is 0.408. The minimum absolute atomic E-state index is 0.108. The van der Waals surface area contributed by atoms with Gasteiger partial charge >= 0.3 is 6.03 Å². The zero-order valence-electron chi connectivity index (χ0n) is 16.6. The molecule has 27 heavy (non-hydrogen) atoms. The van der Waals surface area contributed by atoms with Gasteiger partial charge in [-0.25, -0.2) is 13.2 Å². The maximum Gasteiger partial charge on any atom is 0.317 e. The van der Waals surface area contributed by atoms with E-state index in [0.717, 1.165) is 19.6 Å². The van der Waals surface area contributed by atoms with E-state index in [1.165, 1.54) is 29.2 Å². The molecule has 0 aliphatic carbocycles. The van der Waals surface area contributed by atoms with Gasteiger partial charge in [-0.15, -0.1) is 0 Å². The van der Waals surface area contributed by atoms with Crippen molar-refractivity contribution in [3.05, 3.63) is 29.8 Å². The molecule has 0 heterocycles. The molecule has 0 aliphatic heterocycles. The summed E-state index contributed by atoms with van der Waals surface area (Å²) in [6.07, 6.45) is 0. The molecule has 0 saturated heterocycles. The molecule has 0 spiro atoms. The molecule has 1 aromatic carbocycles. The first-order valence-corrected chi connectivity index (χ1v) is 10.9. The van der Waals surface area contributed by atoms with Crippen LogP contribution in [0.2, 0.25) is 0 Å². The van der Waals surface area contributed by atoms with Crippen molar-refractivity contribution in [1.29, 1.82) is 5.26 Å². The molecule has 150 valence electrons. The van der Waals surface area contributed by atoms with Gasteiger partial charge in [-0.3, -0.25) is 0 Å². The highest BCUT2D eigenvalue weighted by atomic mass is 32.2. The second kappa shape index (κ2) is 10.9. The number of likely N-dealkylation sites (N-methyl/N-ethyl adjacent to an activating group) is 1. The fraction of sp³-hybridized carbons (Fsp3) is 0.579. The average molecular weight is 395 g/mol. The molecule has 1 aromatic rings. The van der Waals surface area contributed by atoms with E-state index in [1.54, 1.807) is 0 Å². The van der Waals surface area contributed by atoms with E-state index in [9.17, 15) is 13.2 Å². The van der Waals surface area contributed by atoms with Gasteiger partial charge < -0.3 is 15.1 Å². The number of nitrogens with one attached hydrogen (secondary N) is 1. The lowest BCUT2D eigenvalue weighted by Crippen LogP contribution is -2.47. The lowest BCUT2D eigenvalue weighted by atomic mass is 10.2. The molecule has 7 nitrogen and oxygen atoms in total. The van der Waals surface area contributed by atoms with Crippen molar-refractivity contribution in [3.8, 4) is 6.07 Å². The maximum atomic E-state index is 12.5. The number of nitrogens with zero attached hydrogens (tertiary/aromatic N) is 3. The van der Waals surface area contributed by atoms with Crippen molar-refractivity contribution < 1.29 is 13.2 Å². The fourth-order valence-corrected chi connectivity index (χ4v) is 3.85. The van der Waals surface area contributed by atoms with Gasteiger partial charge in [0.2, 0.25) is 0 Å². The Morgan fingerprint density at radius 1 is 1.15 bits per heavy atom. The van der Waals surface area contributed by atoms with E-state index in [4.69, 9.17) is 5.26 Å². The first kappa shape index (κ1) is 22.9. The first-order valence-electron chi connectivity index (χ1n) is 9.24. The predicted octanol–water partition coefficient (Wildman–Crippen LogP) is 2.09. The van der Waals surface area contributed by atoms with Crippen molar-refractivity contribution in [2.24, 2.45) is 0 Å². The molecule has 0 unspecified atom stereocenters. The second-order valence-corrected chi connectivity index (χ2v) is 8.61. The molecule has 0 aliphatic rings. The van der Waals surface area contributed by atoms with Crippen molar-refractivity contribution in [2.45, 2.75) is 38.6 Å². The van der Waals surface area contributed by atoms with Crippen LogP contribution in [0, 0.1) is 11.3 Å². The van der Waals surface area contributed by atoms with Gasteiger partial charge in [-0.1, -0.05) is 13.8 Å². The number of sulfone groups is 1. The van der Waals surface area contributed by atoms with Crippen LogP contribution >= 0.6 is 0 Å². The van der Waals surface area contributed by atoms with Crippen LogP contribution in [0.1, 0.15) is 33.3 Å². The van der Waals surface area contributed by atoms with Crippen molar-refractivity contribution in [1.82, 2.24) is 15.1 Å². The van der Waals surface area contributed by atoms with Crippen LogP contribution in [0.3, 0.4) is 0 Å². The minimum Gasteiger partial charge on any atom is -0.337 e. The maximum absolute atomic E-state index is 12.5. The van der Waals surface area contributed by atoms with Crippen molar-refractivity contribution in [2.75, 3.05) is 38.5 Å². The molecular formula is C19H30N4O3S. The Balaban J connectivity index is 2.68. The predicted molar refractivity (Wildman–Crippen MR) is 106 cm³/mol. The van der Waals surface area contributed by atoms with E-state index in [-0.39, 0.29) is 29.3 Å². The SMILES string of the molecule is CCN(CC)CCNC(=O)N(CCS(=O)(=O)c1ccc(C#N)cc1)C(C)C. The Kier molecular flexibility index (Phi) is 9.26. The second-order valence-electron chi connectivity index (χ2n) is 6.50. The Morgan fingerprint density at radius 2 is 1.74 bits per heavy atom. The zero-order valence-corrected chi connectivity index (χ0v) is 17.4. The number of carbonyl (C=O) groups excluding carboxylic acids is 1. The number of hydrogen-bond donors (Lipinski definition) is 1. The van der Waals surface area contributed by atoms with Crippen LogP contribution in [0.5, 0.6) is 0 Å². The molecule has 1 N–H and O–H groups in total. The Hall–Kier alpha value is -2.11. The topological polar surface area (TPSA) is 93.5 Å². The van der Waals surface area contributed by atoms with Crippen molar-refractivity contribution >= 4 is 15.9 Å². The monoisotopic (exact) mass is 394 g/mol. The van der Waals surface area contributed by atoms with Gasteiger partial charge in [0, 0.05) is 25.7 Å². The summed E-state index contributed by atoms with van der Waals surface area (Å²) in [7, 11) is -3.53. The standard InChI is InChI=1S/C19H30N4O3S/c1-5-22(6-2)12-11-21-19(24)23(16(3)4)13-14-27(25,26)18-9-7-17(15-20)8-10-18/h7-10,16H,5-6,11-14H2,1-4H3,(H,21,24). The summed E-state index contributed by atoms with van der Waals surface area (Å²) in [5.74, 6) is -0.166. The average Bonchev–Trinajstić information content (AvgIpc) is 2.65. The van der Waals surface area contributed by atoms with Crippen LogP contribution in [0.4, 0.5) is 4.79 Å². The van der Waals surface area contributed by atoms with Crippen LogP contribution in [-0.2, 0) is 9.84 Å². The van der Waals surface area contributed by atoms with Crippen LogP contribution in [0.25, 0.3) is 0 Å². The molecule has 0 fully saturated rings. The van der Waals surface area contributed by atoms with E-state index in [0.29, 0.717) is 12.1 Å². The largest absolute Gasteiger partial charge is 0.337 e. The van der Waals surface area contributed by atoms with Gasteiger partial charge in [0.05, 0.1) is 22.3 Å². The molecule has 0 saturated carbocycles. The number of benzene rings is 1. The number of amides is 2. The molecule has 0 radical (unpaired) electrons. The highest BCUT2D eigenvalue weighted by Gasteiger charge is 2.21. The third-order valence-corrected chi connectivity index (χ3v) is 6.14.